The molecule has 2 heterocycles. The number of nitrogens with zero attached hydrogens (tertiary/aromatic N) is 1. The van der Waals surface area contributed by atoms with Crippen LogP contribution < -0.4 is 0 Å². The number of amides is 1. The molecule has 0 aromatic carbocycles. The topological polar surface area (TPSA) is 40.5 Å². The number of hydrogen-bond acceptors (Lipinski definition) is 3. The monoisotopic (exact) mass is 239 g/mol. The van der Waals surface area contributed by atoms with Gasteiger partial charge in [0.1, 0.15) is 0 Å². The van der Waals surface area contributed by atoms with Crippen molar-refractivity contribution in [3.05, 3.63) is 21.9 Å². The van der Waals surface area contributed by atoms with Crippen molar-refractivity contribution in [2.24, 2.45) is 0 Å². The molecule has 1 aromatic rings. The molecule has 1 saturated heterocycles. The smallest absolute Gasteiger partial charge is 0.263 e. The molecule has 0 saturated carbocycles. The fraction of sp³-hybridized carbons (Fsp3) is 0.583. The quantitative estimate of drug-likeness (QED) is 0.856. The van der Waals surface area contributed by atoms with E-state index in [0.29, 0.717) is 25.9 Å². The first-order valence-electron chi connectivity index (χ1n) is 5.76. The van der Waals surface area contributed by atoms with E-state index in [9.17, 15) is 9.90 Å². The SMILES string of the molecule is CCc1ccc(C(=O)N2CCC(O)CC2)s1. The van der Waals surface area contributed by atoms with Gasteiger partial charge >= 0.3 is 0 Å². The van der Waals surface area contributed by atoms with Crippen LogP contribution in [0.25, 0.3) is 0 Å². The van der Waals surface area contributed by atoms with Gasteiger partial charge in [0.15, 0.2) is 0 Å². The Balaban J connectivity index is 2.01. The van der Waals surface area contributed by atoms with Gasteiger partial charge in [-0.15, -0.1) is 11.3 Å². The summed E-state index contributed by atoms with van der Waals surface area (Å²) in [6.07, 6.45) is 2.17. The van der Waals surface area contributed by atoms with Crippen molar-refractivity contribution in [1.29, 1.82) is 0 Å². The molecule has 1 fully saturated rings. The molecule has 2 rings (SSSR count). The largest absolute Gasteiger partial charge is 0.393 e. The molecule has 1 aliphatic rings. The highest BCUT2D eigenvalue weighted by Crippen LogP contribution is 2.20. The van der Waals surface area contributed by atoms with Crippen LogP contribution >= 0.6 is 11.3 Å². The van der Waals surface area contributed by atoms with E-state index in [2.05, 4.69) is 6.92 Å². The second kappa shape index (κ2) is 4.97. The van der Waals surface area contributed by atoms with E-state index >= 15 is 0 Å². The highest BCUT2D eigenvalue weighted by Gasteiger charge is 2.23. The Hall–Kier alpha value is -0.870. The van der Waals surface area contributed by atoms with Crippen molar-refractivity contribution in [2.75, 3.05) is 13.1 Å². The van der Waals surface area contributed by atoms with Crippen molar-refractivity contribution in [1.82, 2.24) is 4.90 Å². The number of rotatable bonds is 2. The van der Waals surface area contributed by atoms with E-state index in [1.54, 1.807) is 11.3 Å². The van der Waals surface area contributed by atoms with E-state index in [0.717, 1.165) is 11.3 Å². The molecule has 16 heavy (non-hydrogen) atoms. The third-order valence-corrected chi connectivity index (χ3v) is 4.19. The first-order valence-corrected chi connectivity index (χ1v) is 6.58. The standard InChI is InChI=1S/C12H17NO2S/c1-2-10-3-4-11(16-10)12(15)13-7-5-9(14)6-8-13/h3-4,9,14H,2,5-8H2,1H3. The van der Waals surface area contributed by atoms with Gasteiger partial charge in [0, 0.05) is 18.0 Å². The molecule has 0 radical (unpaired) electrons. The van der Waals surface area contributed by atoms with E-state index in [1.165, 1.54) is 4.88 Å². The molecule has 88 valence electrons. The number of likely N-dealkylation sites (tertiary alicyclic amines) is 1. The molecule has 0 atom stereocenters. The number of hydrogen-bond donors (Lipinski definition) is 1. The Morgan fingerprint density at radius 1 is 1.50 bits per heavy atom. The molecular weight excluding hydrogens is 222 g/mol. The van der Waals surface area contributed by atoms with Crippen molar-refractivity contribution in [3.8, 4) is 0 Å². The first kappa shape index (κ1) is 11.6. The molecule has 0 bridgehead atoms. The Kier molecular flexibility index (Phi) is 3.61. The predicted molar refractivity (Wildman–Crippen MR) is 64.8 cm³/mol. The molecule has 0 aliphatic carbocycles. The van der Waals surface area contributed by atoms with Crippen molar-refractivity contribution in [2.45, 2.75) is 32.3 Å². The average Bonchev–Trinajstić information content (AvgIpc) is 2.77. The lowest BCUT2D eigenvalue weighted by Crippen LogP contribution is -2.39. The number of piperidine rings is 1. The minimum Gasteiger partial charge on any atom is -0.393 e. The van der Waals surface area contributed by atoms with Crippen LogP contribution in [0.5, 0.6) is 0 Å². The first-order chi connectivity index (χ1) is 7.70. The zero-order valence-corrected chi connectivity index (χ0v) is 10.3. The third-order valence-electron chi connectivity index (χ3n) is 2.97. The Labute approximate surface area is 99.7 Å². The number of aryl methyl sites for hydroxylation is 1. The van der Waals surface area contributed by atoms with Crippen LogP contribution in [0.1, 0.15) is 34.3 Å². The molecule has 4 heteroatoms. The molecule has 0 spiro atoms. The van der Waals surface area contributed by atoms with Crippen LogP contribution in [-0.4, -0.2) is 35.1 Å². The third kappa shape index (κ3) is 2.44. The lowest BCUT2D eigenvalue weighted by Gasteiger charge is -2.29. The highest BCUT2D eigenvalue weighted by molar-refractivity contribution is 7.14. The predicted octanol–water partition coefficient (Wildman–Crippen LogP) is 1.91. The Morgan fingerprint density at radius 2 is 2.19 bits per heavy atom. The fourth-order valence-corrected chi connectivity index (χ4v) is 2.82. The molecular formula is C12H17NO2S. The number of thiophene rings is 1. The molecule has 1 aromatic heterocycles. The maximum Gasteiger partial charge on any atom is 0.263 e. The van der Waals surface area contributed by atoms with Crippen LogP contribution in [0.3, 0.4) is 0 Å². The molecule has 0 unspecified atom stereocenters. The summed E-state index contributed by atoms with van der Waals surface area (Å²) >= 11 is 1.58. The summed E-state index contributed by atoms with van der Waals surface area (Å²) in [4.78, 5) is 16.0. The fourth-order valence-electron chi connectivity index (χ4n) is 1.91. The Morgan fingerprint density at radius 3 is 2.75 bits per heavy atom. The zero-order valence-electron chi connectivity index (χ0n) is 9.48. The van der Waals surface area contributed by atoms with E-state index in [4.69, 9.17) is 0 Å². The van der Waals surface area contributed by atoms with Gasteiger partial charge in [-0.1, -0.05) is 6.92 Å². The summed E-state index contributed by atoms with van der Waals surface area (Å²) in [5.41, 5.74) is 0. The molecule has 1 amide bonds. The van der Waals surface area contributed by atoms with Gasteiger partial charge in [-0.2, -0.15) is 0 Å². The van der Waals surface area contributed by atoms with E-state index in [1.807, 2.05) is 17.0 Å². The van der Waals surface area contributed by atoms with E-state index < -0.39 is 0 Å². The van der Waals surface area contributed by atoms with Gasteiger partial charge in [0.25, 0.3) is 5.91 Å². The van der Waals surface area contributed by atoms with E-state index in [-0.39, 0.29) is 12.0 Å². The van der Waals surface area contributed by atoms with Crippen LogP contribution in [0.4, 0.5) is 0 Å². The van der Waals surface area contributed by atoms with Crippen LogP contribution in [0.15, 0.2) is 12.1 Å². The van der Waals surface area contributed by atoms with Gasteiger partial charge in [0.05, 0.1) is 11.0 Å². The Bertz CT molecular complexity index is 367. The lowest BCUT2D eigenvalue weighted by molar-refractivity contribution is 0.0550. The lowest BCUT2D eigenvalue weighted by atomic mass is 10.1. The van der Waals surface area contributed by atoms with Crippen LogP contribution in [-0.2, 0) is 6.42 Å². The van der Waals surface area contributed by atoms with Gasteiger partial charge < -0.3 is 10.0 Å². The minimum absolute atomic E-state index is 0.122. The van der Waals surface area contributed by atoms with Gasteiger partial charge in [-0.25, -0.2) is 0 Å². The van der Waals surface area contributed by atoms with Gasteiger partial charge in [-0.05, 0) is 31.4 Å². The van der Waals surface area contributed by atoms with Crippen LogP contribution in [0, 0.1) is 0 Å². The maximum atomic E-state index is 12.1. The summed E-state index contributed by atoms with van der Waals surface area (Å²) in [6.45, 7) is 3.45. The van der Waals surface area contributed by atoms with Crippen molar-refractivity contribution in [3.63, 3.8) is 0 Å². The number of aliphatic hydroxyl groups is 1. The van der Waals surface area contributed by atoms with Crippen LogP contribution in [0.2, 0.25) is 0 Å². The number of carbonyl (C=O) groups is 1. The highest BCUT2D eigenvalue weighted by atomic mass is 32.1. The normalized spacial score (nSPS) is 17.8. The number of carbonyl (C=O) groups excluding carboxylic acids is 1. The van der Waals surface area contributed by atoms with Crippen molar-refractivity contribution >= 4 is 17.2 Å². The average molecular weight is 239 g/mol. The maximum absolute atomic E-state index is 12.1. The number of aliphatic hydroxyl groups excluding tert-OH is 1. The summed E-state index contributed by atoms with van der Waals surface area (Å²) in [5, 5.41) is 9.39. The molecule has 3 nitrogen and oxygen atoms in total. The van der Waals surface area contributed by atoms with Gasteiger partial charge in [-0.3, -0.25) is 4.79 Å². The summed E-state index contributed by atoms with van der Waals surface area (Å²) in [6, 6.07) is 3.94. The second-order valence-electron chi connectivity index (χ2n) is 4.14. The summed E-state index contributed by atoms with van der Waals surface area (Å²) in [5.74, 6) is 0.122. The zero-order chi connectivity index (χ0) is 11.5. The van der Waals surface area contributed by atoms with Crippen molar-refractivity contribution < 1.29 is 9.90 Å². The molecule has 1 N–H and O–H groups in total. The minimum atomic E-state index is -0.224. The summed E-state index contributed by atoms with van der Waals surface area (Å²) < 4.78 is 0. The molecule has 1 aliphatic heterocycles. The second-order valence-corrected chi connectivity index (χ2v) is 5.31. The van der Waals surface area contributed by atoms with Gasteiger partial charge in [0.2, 0.25) is 0 Å². The summed E-state index contributed by atoms with van der Waals surface area (Å²) in [7, 11) is 0.